The largest absolute Gasteiger partial charge is 0.464 e. The van der Waals surface area contributed by atoms with Crippen molar-refractivity contribution in [2.24, 2.45) is 11.8 Å². The van der Waals surface area contributed by atoms with E-state index in [2.05, 4.69) is 48.0 Å². The third-order valence-electron chi connectivity index (χ3n) is 6.30. The molecule has 1 aliphatic heterocycles. The van der Waals surface area contributed by atoms with Gasteiger partial charge in [-0.1, -0.05) is 20.8 Å². The molecule has 3 atom stereocenters. The fraction of sp³-hybridized carbons (Fsp3) is 0.783. The molecule has 0 bridgehead atoms. The van der Waals surface area contributed by atoms with Gasteiger partial charge >= 0.3 is 0 Å². The van der Waals surface area contributed by atoms with Gasteiger partial charge in [-0.25, -0.2) is 0 Å². The van der Waals surface area contributed by atoms with Crippen LogP contribution >= 0.6 is 0 Å². The van der Waals surface area contributed by atoms with Crippen LogP contribution in [0.1, 0.15) is 57.5 Å². The third-order valence-corrected chi connectivity index (χ3v) is 6.30. The van der Waals surface area contributed by atoms with Crippen molar-refractivity contribution in [1.82, 2.24) is 15.1 Å². The lowest BCUT2D eigenvalue weighted by molar-refractivity contribution is -0.123. The number of carbonyl (C=O) groups excluding carboxylic acids is 1. The number of hydrogen-bond donors (Lipinski definition) is 1. The number of carbonyl (C=O) groups is 1. The molecule has 6 heteroatoms. The van der Waals surface area contributed by atoms with Crippen molar-refractivity contribution >= 4 is 5.91 Å². The van der Waals surface area contributed by atoms with E-state index >= 15 is 0 Å². The van der Waals surface area contributed by atoms with Crippen molar-refractivity contribution in [3.8, 4) is 0 Å². The first-order valence-corrected chi connectivity index (χ1v) is 11.4. The van der Waals surface area contributed by atoms with Gasteiger partial charge in [0, 0.05) is 38.1 Å². The zero-order valence-corrected chi connectivity index (χ0v) is 18.2. The lowest BCUT2D eigenvalue weighted by Gasteiger charge is -2.34. The van der Waals surface area contributed by atoms with Gasteiger partial charge in [-0.05, 0) is 43.2 Å². The van der Waals surface area contributed by atoms with Gasteiger partial charge < -0.3 is 14.5 Å². The molecular weight excluding hydrogens is 366 g/mol. The minimum Gasteiger partial charge on any atom is -0.464 e. The first-order valence-electron chi connectivity index (χ1n) is 11.4. The van der Waals surface area contributed by atoms with Gasteiger partial charge in [0.25, 0.3) is 0 Å². The Labute approximate surface area is 174 Å². The topological polar surface area (TPSA) is 58.0 Å². The van der Waals surface area contributed by atoms with Gasteiger partial charge in [-0.2, -0.15) is 0 Å². The fourth-order valence-electron chi connectivity index (χ4n) is 4.41. The Morgan fingerprint density at radius 2 is 2.14 bits per heavy atom. The smallest absolute Gasteiger partial charge is 0.234 e. The molecule has 6 nitrogen and oxygen atoms in total. The van der Waals surface area contributed by atoms with E-state index < -0.39 is 0 Å². The Morgan fingerprint density at radius 3 is 2.83 bits per heavy atom. The molecule has 1 aromatic heterocycles. The summed E-state index contributed by atoms with van der Waals surface area (Å²) >= 11 is 0. The van der Waals surface area contributed by atoms with E-state index in [1.165, 1.54) is 19.3 Å². The highest BCUT2D eigenvalue weighted by Crippen LogP contribution is 2.47. The normalized spacial score (nSPS) is 27.6. The third kappa shape index (κ3) is 6.06. The highest BCUT2D eigenvalue weighted by molar-refractivity contribution is 5.78. The number of hydrogen-bond acceptors (Lipinski definition) is 5. The van der Waals surface area contributed by atoms with E-state index in [1.807, 2.05) is 0 Å². The SMILES string of the molecule is CC(C)CN1CCOC(CNC(=O)CN(Cc2ccc(C3CC3C)o2)C2CC2)C1. The first-order chi connectivity index (χ1) is 14.0. The summed E-state index contributed by atoms with van der Waals surface area (Å²) in [4.78, 5) is 17.3. The number of amides is 1. The predicted molar refractivity (Wildman–Crippen MR) is 113 cm³/mol. The molecule has 4 rings (SSSR count). The summed E-state index contributed by atoms with van der Waals surface area (Å²) in [6, 6.07) is 4.73. The van der Waals surface area contributed by atoms with Gasteiger partial charge in [0.1, 0.15) is 11.5 Å². The van der Waals surface area contributed by atoms with Crippen LogP contribution < -0.4 is 5.32 Å². The number of nitrogens with zero attached hydrogens (tertiary/aromatic N) is 2. The molecule has 0 spiro atoms. The van der Waals surface area contributed by atoms with Crippen LogP contribution in [0.4, 0.5) is 0 Å². The van der Waals surface area contributed by atoms with Crippen molar-refractivity contribution in [3.63, 3.8) is 0 Å². The second kappa shape index (κ2) is 9.19. The Kier molecular flexibility index (Phi) is 6.62. The second-order valence-electron chi connectivity index (χ2n) is 9.71. The van der Waals surface area contributed by atoms with E-state index in [0.29, 0.717) is 31.0 Å². The van der Waals surface area contributed by atoms with Gasteiger partial charge in [0.15, 0.2) is 0 Å². The van der Waals surface area contributed by atoms with Crippen LogP contribution in [0.15, 0.2) is 16.5 Å². The van der Waals surface area contributed by atoms with E-state index in [0.717, 1.165) is 50.2 Å². The van der Waals surface area contributed by atoms with Gasteiger partial charge in [-0.3, -0.25) is 14.6 Å². The lowest BCUT2D eigenvalue weighted by Crippen LogP contribution is -2.49. The van der Waals surface area contributed by atoms with Crippen LogP contribution in [0.2, 0.25) is 0 Å². The molecule has 1 N–H and O–H groups in total. The summed E-state index contributed by atoms with van der Waals surface area (Å²) in [7, 11) is 0. The van der Waals surface area contributed by atoms with Crippen LogP contribution in [-0.4, -0.2) is 67.2 Å². The summed E-state index contributed by atoms with van der Waals surface area (Å²) in [5.74, 6) is 4.20. The number of rotatable bonds is 10. The van der Waals surface area contributed by atoms with Gasteiger partial charge in [0.05, 0.1) is 25.8 Å². The molecule has 0 aromatic carbocycles. The van der Waals surface area contributed by atoms with Gasteiger partial charge in [0.2, 0.25) is 5.91 Å². The molecular formula is C23H37N3O3. The highest BCUT2D eigenvalue weighted by Gasteiger charge is 2.37. The Hall–Kier alpha value is -1.37. The summed E-state index contributed by atoms with van der Waals surface area (Å²) < 4.78 is 11.9. The summed E-state index contributed by atoms with van der Waals surface area (Å²) in [6.07, 6.45) is 3.68. The Morgan fingerprint density at radius 1 is 1.34 bits per heavy atom. The van der Waals surface area contributed by atoms with Crippen molar-refractivity contribution in [1.29, 1.82) is 0 Å². The molecule has 162 valence electrons. The number of morpholine rings is 1. The summed E-state index contributed by atoms with van der Waals surface area (Å²) in [5.41, 5.74) is 0. The number of ether oxygens (including phenoxy) is 1. The average Bonchev–Trinajstić information content (AvgIpc) is 3.59. The van der Waals surface area contributed by atoms with Crippen molar-refractivity contribution < 1.29 is 13.9 Å². The maximum absolute atomic E-state index is 12.6. The Bertz CT molecular complexity index is 685. The zero-order valence-electron chi connectivity index (χ0n) is 18.2. The molecule has 2 heterocycles. The average molecular weight is 404 g/mol. The monoisotopic (exact) mass is 403 g/mol. The number of furan rings is 1. The fourth-order valence-corrected chi connectivity index (χ4v) is 4.41. The quantitative estimate of drug-likeness (QED) is 0.651. The molecule has 1 amide bonds. The van der Waals surface area contributed by atoms with Crippen molar-refractivity contribution in [2.75, 3.05) is 39.3 Å². The maximum Gasteiger partial charge on any atom is 0.234 e. The standard InChI is InChI=1S/C23H37N3O3/c1-16(2)12-25-8-9-28-20(13-25)11-24-23(27)15-26(18-4-5-18)14-19-6-7-22(29-19)21-10-17(21)3/h6-7,16-18,20-21H,4-5,8-15H2,1-3H3,(H,24,27). The molecule has 2 saturated carbocycles. The Balaban J connectivity index is 1.22. The molecule has 1 aromatic rings. The van der Waals surface area contributed by atoms with Crippen LogP contribution in [0.3, 0.4) is 0 Å². The summed E-state index contributed by atoms with van der Waals surface area (Å²) in [6.45, 7) is 12.2. The van der Waals surface area contributed by atoms with Crippen LogP contribution in [-0.2, 0) is 16.1 Å². The summed E-state index contributed by atoms with van der Waals surface area (Å²) in [5, 5.41) is 3.10. The lowest BCUT2D eigenvalue weighted by atomic mass is 10.2. The zero-order chi connectivity index (χ0) is 20.4. The number of nitrogens with one attached hydrogen (secondary N) is 1. The molecule has 3 aliphatic rings. The molecule has 3 fully saturated rings. The van der Waals surface area contributed by atoms with Crippen molar-refractivity contribution in [2.45, 2.75) is 64.6 Å². The van der Waals surface area contributed by atoms with Crippen LogP contribution in [0.5, 0.6) is 0 Å². The highest BCUT2D eigenvalue weighted by atomic mass is 16.5. The van der Waals surface area contributed by atoms with E-state index in [-0.39, 0.29) is 12.0 Å². The van der Waals surface area contributed by atoms with E-state index in [1.54, 1.807) is 0 Å². The molecule has 29 heavy (non-hydrogen) atoms. The van der Waals surface area contributed by atoms with Crippen LogP contribution in [0.25, 0.3) is 0 Å². The predicted octanol–water partition coefficient (Wildman–Crippen LogP) is 2.84. The van der Waals surface area contributed by atoms with Gasteiger partial charge in [-0.15, -0.1) is 0 Å². The second-order valence-corrected chi connectivity index (χ2v) is 9.71. The van der Waals surface area contributed by atoms with E-state index in [4.69, 9.17) is 9.15 Å². The maximum atomic E-state index is 12.6. The van der Waals surface area contributed by atoms with Crippen molar-refractivity contribution in [3.05, 3.63) is 23.7 Å². The minimum absolute atomic E-state index is 0.0871. The molecule has 2 aliphatic carbocycles. The van der Waals surface area contributed by atoms with E-state index in [9.17, 15) is 4.79 Å². The molecule has 1 saturated heterocycles. The first kappa shape index (κ1) is 20.9. The molecule has 3 unspecified atom stereocenters. The molecule has 0 radical (unpaired) electrons. The minimum atomic E-state index is 0.0871. The van der Waals surface area contributed by atoms with Crippen LogP contribution in [0, 0.1) is 11.8 Å².